The van der Waals surface area contributed by atoms with Gasteiger partial charge in [-0.25, -0.2) is 4.98 Å². The highest BCUT2D eigenvalue weighted by Gasteiger charge is 2.20. The van der Waals surface area contributed by atoms with Gasteiger partial charge >= 0.3 is 0 Å². The topological polar surface area (TPSA) is 12.9 Å². The monoisotopic (exact) mass is 233 g/mol. The van der Waals surface area contributed by atoms with Crippen LogP contribution in [0.4, 0.5) is 0 Å². The number of aromatic nitrogens is 1. The fraction of sp³-hybridized carbons (Fsp3) is 0.500. The van der Waals surface area contributed by atoms with E-state index in [-0.39, 0.29) is 5.41 Å². The smallest absolute Gasteiger partial charge is 0.0815 e. The Bertz CT molecular complexity index is 503. The molecule has 0 aliphatic heterocycles. The van der Waals surface area contributed by atoms with E-state index in [1.807, 2.05) is 5.51 Å². The SMILES string of the molecule is CC(C)c1cc2ncsc2cc1C(C)(C)C. The molecule has 0 fully saturated rings. The molecule has 0 radical (unpaired) electrons. The third-order valence-electron chi connectivity index (χ3n) is 2.93. The Hall–Kier alpha value is -0.890. The van der Waals surface area contributed by atoms with Crippen molar-refractivity contribution in [2.45, 2.75) is 46.0 Å². The number of nitrogens with zero attached hydrogens (tertiary/aromatic N) is 1. The Morgan fingerprint density at radius 2 is 1.88 bits per heavy atom. The predicted octanol–water partition coefficient (Wildman–Crippen LogP) is 4.72. The molecule has 1 heterocycles. The minimum Gasteiger partial charge on any atom is -0.245 e. The van der Waals surface area contributed by atoms with Gasteiger partial charge in [-0.15, -0.1) is 11.3 Å². The summed E-state index contributed by atoms with van der Waals surface area (Å²) in [5, 5.41) is 0. The molecule has 0 unspecified atom stereocenters. The van der Waals surface area contributed by atoms with E-state index in [9.17, 15) is 0 Å². The lowest BCUT2D eigenvalue weighted by Gasteiger charge is -2.24. The van der Waals surface area contributed by atoms with Crippen molar-refractivity contribution in [1.82, 2.24) is 4.98 Å². The van der Waals surface area contributed by atoms with Gasteiger partial charge in [0, 0.05) is 0 Å². The molecule has 0 amide bonds. The van der Waals surface area contributed by atoms with Crippen molar-refractivity contribution in [2.24, 2.45) is 0 Å². The van der Waals surface area contributed by atoms with Crippen LogP contribution in [-0.2, 0) is 5.41 Å². The van der Waals surface area contributed by atoms with Gasteiger partial charge < -0.3 is 0 Å². The highest BCUT2D eigenvalue weighted by Crippen LogP contribution is 2.34. The molecule has 1 aromatic heterocycles. The number of rotatable bonds is 1. The molecule has 86 valence electrons. The van der Waals surface area contributed by atoms with E-state index in [0.29, 0.717) is 5.92 Å². The molecule has 16 heavy (non-hydrogen) atoms. The zero-order valence-corrected chi connectivity index (χ0v) is 11.5. The normalized spacial score (nSPS) is 12.6. The lowest BCUT2D eigenvalue weighted by atomic mass is 9.80. The number of hydrogen-bond acceptors (Lipinski definition) is 2. The van der Waals surface area contributed by atoms with Crippen molar-refractivity contribution in [3.8, 4) is 0 Å². The Labute approximate surface area is 102 Å². The number of benzene rings is 1. The van der Waals surface area contributed by atoms with Gasteiger partial charge in [-0.05, 0) is 34.6 Å². The molecule has 1 nitrogen and oxygen atoms in total. The van der Waals surface area contributed by atoms with Gasteiger partial charge in [0.25, 0.3) is 0 Å². The average Bonchev–Trinajstić information content (AvgIpc) is 2.60. The van der Waals surface area contributed by atoms with Gasteiger partial charge in [-0.3, -0.25) is 0 Å². The first-order chi connectivity index (χ1) is 7.39. The Balaban J connectivity index is 2.72. The van der Waals surface area contributed by atoms with Gasteiger partial charge in [0.2, 0.25) is 0 Å². The zero-order valence-electron chi connectivity index (χ0n) is 10.7. The van der Waals surface area contributed by atoms with Gasteiger partial charge in [0.15, 0.2) is 0 Å². The third-order valence-corrected chi connectivity index (χ3v) is 3.72. The van der Waals surface area contributed by atoms with E-state index in [2.05, 4.69) is 51.7 Å². The summed E-state index contributed by atoms with van der Waals surface area (Å²) in [6, 6.07) is 4.58. The Morgan fingerprint density at radius 3 is 2.44 bits per heavy atom. The molecule has 0 N–H and O–H groups in total. The van der Waals surface area contributed by atoms with Gasteiger partial charge in [0.1, 0.15) is 0 Å². The van der Waals surface area contributed by atoms with Crippen LogP contribution in [0.25, 0.3) is 10.2 Å². The quantitative estimate of drug-likeness (QED) is 0.694. The van der Waals surface area contributed by atoms with E-state index in [4.69, 9.17) is 0 Å². The summed E-state index contributed by atoms with van der Waals surface area (Å²) in [5.41, 5.74) is 6.17. The van der Waals surface area contributed by atoms with E-state index in [1.165, 1.54) is 15.8 Å². The Kier molecular flexibility index (Phi) is 2.79. The summed E-state index contributed by atoms with van der Waals surface area (Å²) < 4.78 is 1.30. The third kappa shape index (κ3) is 1.99. The maximum absolute atomic E-state index is 4.40. The number of fused-ring (bicyclic) bond motifs is 1. The first-order valence-electron chi connectivity index (χ1n) is 5.77. The molecule has 0 atom stereocenters. The summed E-state index contributed by atoms with van der Waals surface area (Å²) in [6.07, 6.45) is 0. The van der Waals surface area contributed by atoms with Gasteiger partial charge in [0.05, 0.1) is 15.7 Å². The lowest BCUT2D eigenvalue weighted by molar-refractivity contribution is 0.578. The van der Waals surface area contributed by atoms with Crippen molar-refractivity contribution in [1.29, 1.82) is 0 Å². The summed E-state index contributed by atoms with van der Waals surface area (Å²) in [4.78, 5) is 4.40. The van der Waals surface area contributed by atoms with Crippen molar-refractivity contribution >= 4 is 21.6 Å². The molecule has 2 heteroatoms. The first-order valence-corrected chi connectivity index (χ1v) is 6.65. The maximum atomic E-state index is 4.40. The molecule has 0 aliphatic carbocycles. The fourth-order valence-electron chi connectivity index (χ4n) is 2.05. The van der Waals surface area contributed by atoms with Crippen molar-refractivity contribution in [3.63, 3.8) is 0 Å². The Morgan fingerprint density at radius 1 is 1.19 bits per heavy atom. The molecule has 0 aliphatic rings. The van der Waals surface area contributed by atoms with Crippen LogP contribution in [0.15, 0.2) is 17.6 Å². The molecular weight excluding hydrogens is 214 g/mol. The van der Waals surface area contributed by atoms with Gasteiger partial charge in [-0.2, -0.15) is 0 Å². The van der Waals surface area contributed by atoms with E-state index >= 15 is 0 Å². The van der Waals surface area contributed by atoms with E-state index in [0.717, 1.165) is 5.52 Å². The minimum absolute atomic E-state index is 0.206. The second kappa shape index (κ2) is 3.85. The van der Waals surface area contributed by atoms with Crippen molar-refractivity contribution in [2.75, 3.05) is 0 Å². The number of hydrogen-bond donors (Lipinski definition) is 0. The number of thiazole rings is 1. The lowest BCUT2D eigenvalue weighted by Crippen LogP contribution is -2.14. The molecule has 2 aromatic rings. The molecular formula is C14H19NS. The average molecular weight is 233 g/mol. The van der Waals surface area contributed by atoms with E-state index in [1.54, 1.807) is 11.3 Å². The van der Waals surface area contributed by atoms with Crippen LogP contribution in [0.2, 0.25) is 0 Å². The summed E-state index contributed by atoms with van der Waals surface area (Å²) >= 11 is 1.73. The predicted molar refractivity (Wildman–Crippen MR) is 72.4 cm³/mol. The van der Waals surface area contributed by atoms with Crippen LogP contribution in [-0.4, -0.2) is 4.98 Å². The largest absolute Gasteiger partial charge is 0.245 e. The van der Waals surface area contributed by atoms with Crippen LogP contribution >= 0.6 is 11.3 Å². The molecule has 0 bridgehead atoms. The summed E-state index contributed by atoms with van der Waals surface area (Å²) in [6.45, 7) is 11.3. The summed E-state index contributed by atoms with van der Waals surface area (Å²) in [7, 11) is 0. The van der Waals surface area contributed by atoms with Crippen LogP contribution in [0.5, 0.6) is 0 Å². The second-order valence-corrected chi connectivity index (χ2v) is 6.55. The first kappa shape index (κ1) is 11.6. The van der Waals surface area contributed by atoms with Crippen LogP contribution < -0.4 is 0 Å². The second-order valence-electron chi connectivity index (χ2n) is 5.66. The van der Waals surface area contributed by atoms with Crippen molar-refractivity contribution in [3.05, 3.63) is 28.8 Å². The van der Waals surface area contributed by atoms with Crippen LogP contribution in [0.3, 0.4) is 0 Å². The highest BCUT2D eigenvalue weighted by atomic mass is 32.1. The molecule has 0 saturated heterocycles. The molecule has 0 saturated carbocycles. The van der Waals surface area contributed by atoms with Gasteiger partial charge in [-0.1, -0.05) is 34.6 Å². The highest BCUT2D eigenvalue weighted by molar-refractivity contribution is 7.16. The molecule has 1 aromatic carbocycles. The standard InChI is InChI=1S/C14H19NS/c1-9(2)10-6-12-13(16-8-15-12)7-11(10)14(3,4)5/h6-9H,1-5H3. The fourth-order valence-corrected chi connectivity index (χ4v) is 2.75. The van der Waals surface area contributed by atoms with Crippen LogP contribution in [0, 0.1) is 0 Å². The van der Waals surface area contributed by atoms with Crippen LogP contribution in [0.1, 0.15) is 51.7 Å². The molecule has 2 rings (SSSR count). The zero-order chi connectivity index (χ0) is 11.9. The van der Waals surface area contributed by atoms with Crippen molar-refractivity contribution < 1.29 is 0 Å². The maximum Gasteiger partial charge on any atom is 0.0815 e. The summed E-state index contributed by atoms with van der Waals surface area (Å²) in [5.74, 6) is 0.556. The minimum atomic E-state index is 0.206. The molecule has 0 spiro atoms. The van der Waals surface area contributed by atoms with E-state index < -0.39 is 0 Å².